The van der Waals surface area contributed by atoms with Crippen molar-refractivity contribution in [2.75, 3.05) is 25.5 Å². The van der Waals surface area contributed by atoms with Crippen molar-refractivity contribution < 1.29 is 14.0 Å². The molecule has 2 amide bonds. The van der Waals surface area contributed by atoms with E-state index in [4.69, 9.17) is 4.42 Å². The number of benzene rings is 1. The van der Waals surface area contributed by atoms with Gasteiger partial charge < -0.3 is 15.1 Å². The average molecular weight is 329 g/mol. The molecule has 128 valence electrons. The Morgan fingerprint density at radius 1 is 1.08 bits per heavy atom. The number of likely N-dealkylation sites (N-methyl/N-ethyl adjacent to an activating group) is 1. The van der Waals surface area contributed by atoms with E-state index in [0.29, 0.717) is 12.3 Å². The van der Waals surface area contributed by atoms with E-state index in [-0.39, 0.29) is 24.9 Å². The minimum atomic E-state index is -0.159. The van der Waals surface area contributed by atoms with Crippen LogP contribution in [0.3, 0.4) is 0 Å². The van der Waals surface area contributed by atoms with E-state index in [9.17, 15) is 9.59 Å². The van der Waals surface area contributed by atoms with E-state index in [2.05, 4.69) is 10.6 Å². The number of carbonyl (C=O) groups excluding carboxylic acids is 2. The number of hydrogen-bond acceptors (Lipinski definition) is 4. The molecule has 0 saturated heterocycles. The molecule has 2 rings (SSSR count). The van der Waals surface area contributed by atoms with E-state index in [1.54, 1.807) is 30.3 Å². The first kappa shape index (κ1) is 17.7. The summed E-state index contributed by atoms with van der Waals surface area (Å²) >= 11 is 0. The van der Waals surface area contributed by atoms with Gasteiger partial charge in [-0.3, -0.25) is 14.5 Å². The highest BCUT2D eigenvalue weighted by molar-refractivity contribution is 5.93. The molecule has 1 aromatic heterocycles. The summed E-state index contributed by atoms with van der Waals surface area (Å²) in [7, 11) is 1.73. The summed E-state index contributed by atoms with van der Waals surface area (Å²) in [5.74, 6) is 0.386. The summed E-state index contributed by atoms with van der Waals surface area (Å²) < 4.78 is 5.15. The number of aryl methyl sites for hydroxylation is 1. The van der Waals surface area contributed by atoms with Crippen molar-refractivity contribution in [3.05, 3.63) is 53.5 Å². The normalized spacial score (nSPS) is 10.7. The van der Waals surface area contributed by atoms with Crippen molar-refractivity contribution in [3.8, 4) is 0 Å². The van der Waals surface area contributed by atoms with Gasteiger partial charge in [0.25, 0.3) is 0 Å². The van der Waals surface area contributed by atoms with E-state index < -0.39 is 0 Å². The van der Waals surface area contributed by atoms with Crippen molar-refractivity contribution in [2.24, 2.45) is 0 Å². The molecule has 0 saturated carbocycles. The number of nitrogens with one attached hydrogen (secondary N) is 2. The first-order chi connectivity index (χ1) is 11.5. The molecular formula is C18H23N3O3. The van der Waals surface area contributed by atoms with Crippen LogP contribution in [0.4, 0.5) is 5.69 Å². The molecule has 0 aliphatic rings. The number of carbonyl (C=O) groups is 2. The Kier molecular flexibility index (Phi) is 6.14. The highest BCUT2D eigenvalue weighted by Crippen LogP contribution is 2.17. The summed E-state index contributed by atoms with van der Waals surface area (Å²) in [6.45, 7) is 4.59. The van der Waals surface area contributed by atoms with E-state index >= 15 is 0 Å². The van der Waals surface area contributed by atoms with Crippen molar-refractivity contribution in [1.29, 1.82) is 0 Å². The lowest BCUT2D eigenvalue weighted by molar-refractivity contribution is -0.123. The maximum absolute atomic E-state index is 12.1. The Morgan fingerprint density at radius 3 is 2.54 bits per heavy atom. The van der Waals surface area contributed by atoms with E-state index in [1.165, 1.54) is 0 Å². The van der Waals surface area contributed by atoms with Gasteiger partial charge in [-0.25, -0.2) is 0 Å². The fourth-order valence-corrected chi connectivity index (χ4v) is 2.28. The molecule has 2 N–H and O–H groups in total. The molecule has 1 aromatic carbocycles. The first-order valence-corrected chi connectivity index (χ1v) is 7.79. The van der Waals surface area contributed by atoms with Gasteiger partial charge in [0.1, 0.15) is 5.76 Å². The Bertz CT molecular complexity index is 696. The lowest BCUT2D eigenvalue weighted by Gasteiger charge is -2.17. The Hall–Kier alpha value is -2.60. The third-order valence-electron chi connectivity index (χ3n) is 3.75. The topological polar surface area (TPSA) is 74.6 Å². The monoisotopic (exact) mass is 329 g/mol. The molecule has 0 aliphatic heterocycles. The van der Waals surface area contributed by atoms with Crippen molar-refractivity contribution in [2.45, 2.75) is 20.4 Å². The lowest BCUT2D eigenvalue weighted by Crippen LogP contribution is -2.38. The molecule has 2 aromatic rings. The molecule has 0 unspecified atom stereocenters. The molecule has 0 fully saturated rings. The van der Waals surface area contributed by atoms with Crippen LogP contribution in [0, 0.1) is 13.8 Å². The zero-order valence-electron chi connectivity index (χ0n) is 14.3. The Balaban J connectivity index is 1.76. The van der Waals surface area contributed by atoms with Gasteiger partial charge in [-0.15, -0.1) is 0 Å². The first-order valence-electron chi connectivity index (χ1n) is 7.79. The number of nitrogens with zero attached hydrogens (tertiary/aromatic N) is 1. The predicted octanol–water partition coefficient (Wildman–Crippen LogP) is 2.08. The van der Waals surface area contributed by atoms with Crippen LogP contribution < -0.4 is 10.6 Å². The SMILES string of the molecule is Cc1cccc(NC(=O)CN(C)CC(=O)NCc2ccco2)c1C. The smallest absolute Gasteiger partial charge is 0.238 e. The second kappa shape index (κ2) is 8.31. The Morgan fingerprint density at radius 2 is 1.83 bits per heavy atom. The van der Waals surface area contributed by atoms with Crippen LogP contribution in [-0.2, 0) is 16.1 Å². The van der Waals surface area contributed by atoms with Crippen LogP contribution in [-0.4, -0.2) is 36.9 Å². The van der Waals surface area contributed by atoms with Crippen LogP contribution in [0.25, 0.3) is 0 Å². The van der Waals surface area contributed by atoms with Crippen LogP contribution in [0.1, 0.15) is 16.9 Å². The molecule has 6 heteroatoms. The van der Waals surface area contributed by atoms with Gasteiger partial charge >= 0.3 is 0 Å². The van der Waals surface area contributed by atoms with Gasteiger partial charge in [-0.2, -0.15) is 0 Å². The van der Waals surface area contributed by atoms with Gasteiger partial charge in [-0.05, 0) is 50.2 Å². The van der Waals surface area contributed by atoms with Crippen LogP contribution in [0.5, 0.6) is 0 Å². The van der Waals surface area contributed by atoms with Crippen molar-refractivity contribution >= 4 is 17.5 Å². The maximum Gasteiger partial charge on any atom is 0.238 e. The number of amides is 2. The number of anilines is 1. The molecule has 0 spiro atoms. The molecule has 0 bridgehead atoms. The van der Waals surface area contributed by atoms with Gasteiger partial charge in [0.05, 0.1) is 25.9 Å². The molecular weight excluding hydrogens is 306 g/mol. The van der Waals surface area contributed by atoms with E-state index in [0.717, 1.165) is 16.8 Å². The predicted molar refractivity (Wildman–Crippen MR) is 92.6 cm³/mol. The quantitative estimate of drug-likeness (QED) is 0.815. The van der Waals surface area contributed by atoms with Crippen molar-refractivity contribution in [1.82, 2.24) is 10.2 Å². The van der Waals surface area contributed by atoms with Crippen LogP contribution in [0.2, 0.25) is 0 Å². The third kappa shape index (κ3) is 5.24. The van der Waals surface area contributed by atoms with Gasteiger partial charge in [0, 0.05) is 5.69 Å². The fourth-order valence-electron chi connectivity index (χ4n) is 2.28. The second-order valence-corrected chi connectivity index (χ2v) is 5.82. The van der Waals surface area contributed by atoms with Crippen molar-refractivity contribution in [3.63, 3.8) is 0 Å². The molecule has 1 heterocycles. The molecule has 0 aliphatic carbocycles. The minimum absolute atomic E-state index is 0.140. The summed E-state index contributed by atoms with van der Waals surface area (Å²) in [6, 6.07) is 9.34. The minimum Gasteiger partial charge on any atom is -0.467 e. The molecule has 0 radical (unpaired) electrons. The van der Waals surface area contributed by atoms with Gasteiger partial charge in [-0.1, -0.05) is 12.1 Å². The maximum atomic E-state index is 12.1. The largest absolute Gasteiger partial charge is 0.467 e. The zero-order chi connectivity index (χ0) is 17.5. The highest BCUT2D eigenvalue weighted by Gasteiger charge is 2.12. The van der Waals surface area contributed by atoms with Gasteiger partial charge in [0.2, 0.25) is 11.8 Å². The standard InChI is InChI=1S/C18H23N3O3/c1-13-6-4-8-16(14(13)2)20-18(23)12-21(3)11-17(22)19-10-15-7-5-9-24-15/h4-9H,10-12H2,1-3H3,(H,19,22)(H,20,23). The number of hydrogen-bond donors (Lipinski definition) is 2. The summed E-state index contributed by atoms with van der Waals surface area (Å²) in [5, 5.41) is 5.63. The van der Waals surface area contributed by atoms with Gasteiger partial charge in [0.15, 0.2) is 0 Å². The van der Waals surface area contributed by atoms with Crippen LogP contribution >= 0.6 is 0 Å². The lowest BCUT2D eigenvalue weighted by atomic mass is 10.1. The number of furan rings is 1. The van der Waals surface area contributed by atoms with E-state index in [1.807, 2.05) is 32.0 Å². The summed E-state index contributed by atoms with van der Waals surface area (Å²) in [4.78, 5) is 25.6. The highest BCUT2D eigenvalue weighted by atomic mass is 16.3. The Labute approximate surface area is 141 Å². The third-order valence-corrected chi connectivity index (χ3v) is 3.75. The molecule has 24 heavy (non-hydrogen) atoms. The summed E-state index contributed by atoms with van der Waals surface area (Å²) in [5.41, 5.74) is 2.97. The fraction of sp³-hybridized carbons (Fsp3) is 0.333. The average Bonchev–Trinajstić information content (AvgIpc) is 3.03. The van der Waals surface area contributed by atoms with Crippen LogP contribution in [0.15, 0.2) is 41.0 Å². The number of rotatable bonds is 7. The molecule has 6 nitrogen and oxygen atoms in total. The second-order valence-electron chi connectivity index (χ2n) is 5.82. The summed E-state index contributed by atoms with van der Waals surface area (Å²) in [6.07, 6.45) is 1.56. The molecule has 0 atom stereocenters. The zero-order valence-corrected chi connectivity index (χ0v) is 14.3.